The number of nitrogens with one attached hydrogen (secondary N) is 1. The van der Waals surface area contributed by atoms with Crippen LogP contribution in [0.5, 0.6) is 0 Å². The Balaban J connectivity index is 2.08. The van der Waals surface area contributed by atoms with Crippen LogP contribution in [0.1, 0.15) is 18.7 Å². The van der Waals surface area contributed by atoms with Crippen LogP contribution in [0.25, 0.3) is 0 Å². The molecule has 0 aliphatic carbocycles. The molecular weight excluding hydrogens is 230 g/mol. The maximum atomic E-state index is 4.45. The van der Waals surface area contributed by atoms with Crippen molar-refractivity contribution in [2.45, 2.75) is 22.8 Å². The van der Waals surface area contributed by atoms with Crippen molar-refractivity contribution >= 4 is 11.8 Å². The first-order valence-corrected chi connectivity index (χ1v) is 6.32. The van der Waals surface area contributed by atoms with Gasteiger partial charge in [0.25, 0.3) is 0 Å². The molecule has 1 atom stereocenters. The second-order valence-corrected chi connectivity index (χ2v) is 4.86. The molecule has 17 heavy (non-hydrogen) atoms. The molecule has 0 aliphatic heterocycles. The molecule has 0 aromatic carbocycles. The second kappa shape index (κ2) is 5.80. The summed E-state index contributed by atoms with van der Waals surface area (Å²) >= 11 is 1.69. The number of nitrogens with zero attached hydrogens (tertiary/aromatic N) is 2. The number of pyridine rings is 2. The van der Waals surface area contributed by atoms with Crippen molar-refractivity contribution in [2.75, 3.05) is 7.05 Å². The summed E-state index contributed by atoms with van der Waals surface area (Å²) in [6.07, 6.45) is 5.51. The van der Waals surface area contributed by atoms with Gasteiger partial charge in [-0.1, -0.05) is 11.8 Å². The smallest absolute Gasteiger partial charge is 0.0571 e. The van der Waals surface area contributed by atoms with Crippen molar-refractivity contribution in [3.8, 4) is 0 Å². The van der Waals surface area contributed by atoms with E-state index >= 15 is 0 Å². The molecule has 88 valence electrons. The fraction of sp³-hybridized carbons (Fsp3) is 0.231. The van der Waals surface area contributed by atoms with E-state index in [1.54, 1.807) is 24.2 Å². The molecule has 0 amide bonds. The molecule has 3 nitrogen and oxygen atoms in total. The molecular formula is C13H15N3S. The van der Waals surface area contributed by atoms with Crippen LogP contribution in [0.4, 0.5) is 0 Å². The van der Waals surface area contributed by atoms with Crippen molar-refractivity contribution < 1.29 is 0 Å². The van der Waals surface area contributed by atoms with Gasteiger partial charge in [0.05, 0.1) is 5.69 Å². The second-order valence-electron chi connectivity index (χ2n) is 3.71. The highest BCUT2D eigenvalue weighted by molar-refractivity contribution is 7.99. The van der Waals surface area contributed by atoms with E-state index in [0.717, 1.165) is 10.6 Å². The molecule has 1 unspecified atom stereocenters. The van der Waals surface area contributed by atoms with Crippen LogP contribution >= 0.6 is 11.8 Å². The van der Waals surface area contributed by atoms with Crippen LogP contribution in [0.2, 0.25) is 0 Å². The zero-order chi connectivity index (χ0) is 12.1. The molecule has 0 fully saturated rings. The van der Waals surface area contributed by atoms with Crippen LogP contribution in [-0.4, -0.2) is 17.0 Å². The molecule has 0 radical (unpaired) electrons. The summed E-state index contributed by atoms with van der Waals surface area (Å²) in [5, 5.41) is 3.17. The Hall–Kier alpha value is -1.39. The van der Waals surface area contributed by atoms with Crippen LogP contribution < -0.4 is 5.32 Å². The lowest BCUT2D eigenvalue weighted by Gasteiger charge is -2.09. The van der Waals surface area contributed by atoms with Crippen molar-refractivity contribution in [3.05, 3.63) is 48.5 Å². The van der Waals surface area contributed by atoms with Gasteiger partial charge in [-0.2, -0.15) is 0 Å². The van der Waals surface area contributed by atoms with E-state index in [1.165, 1.54) is 4.90 Å². The molecule has 2 aromatic rings. The van der Waals surface area contributed by atoms with E-state index in [4.69, 9.17) is 0 Å². The van der Waals surface area contributed by atoms with E-state index < -0.39 is 0 Å². The average molecular weight is 245 g/mol. The molecule has 0 saturated carbocycles. The van der Waals surface area contributed by atoms with Gasteiger partial charge in [0.2, 0.25) is 0 Å². The normalized spacial score (nSPS) is 12.4. The van der Waals surface area contributed by atoms with Gasteiger partial charge in [-0.3, -0.25) is 9.97 Å². The lowest BCUT2D eigenvalue weighted by Crippen LogP contribution is -2.13. The summed E-state index contributed by atoms with van der Waals surface area (Å²) in [6, 6.07) is 8.44. The van der Waals surface area contributed by atoms with Gasteiger partial charge in [0, 0.05) is 34.4 Å². The lowest BCUT2D eigenvalue weighted by molar-refractivity contribution is 0.631. The van der Waals surface area contributed by atoms with E-state index in [1.807, 2.05) is 25.4 Å². The molecule has 0 spiro atoms. The van der Waals surface area contributed by atoms with Crippen molar-refractivity contribution in [3.63, 3.8) is 0 Å². The molecule has 0 aliphatic rings. The molecule has 2 heterocycles. The monoisotopic (exact) mass is 245 g/mol. The zero-order valence-electron chi connectivity index (χ0n) is 9.92. The number of hydrogen-bond acceptors (Lipinski definition) is 4. The SMILES string of the molecule is CNC(C)c1ccc(Sc2ccncc2)cn1. The Kier molecular flexibility index (Phi) is 4.12. The number of hydrogen-bond donors (Lipinski definition) is 1. The zero-order valence-corrected chi connectivity index (χ0v) is 10.7. The van der Waals surface area contributed by atoms with Gasteiger partial charge in [-0.15, -0.1) is 0 Å². The Morgan fingerprint density at radius 1 is 1.12 bits per heavy atom. The Morgan fingerprint density at radius 2 is 1.88 bits per heavy atom. The first-order valence-electron chi connectivity index (χ1n) is 5.50. The van der Waals surface area contributed by atoms with Crippen molar-refractivity contribution in [1.82, 2.24) is 15.3 Å². The molecule has 0 saturated heterocycles. The Bertz CT molecular complexity index is 456. The molecule has 2 rings (SSSR count). The molecule has 1 N–H and O–H groups in total. The van der Waals surface area contributed by atoms with Gasteiger partial charge < -0.3 is 5.32 Å². The minimum absolute atomic E-state index is 0.287. The number of rotatable bonds is 4. The minimum atomic E-state index is 0.287. The Labute approximate surface area is 106 Å². The van der Waals surface area contributed by atoms with Gasteiger partial charge in [-0.25, -0.2) is 0 Å². The third-order valence-corrected chi connectivity index (χ3v) is 3.51. The van der Waals surface area contributed by atoms with Crippen molar-refractivity contribution in [2.24, 2.45) is 0 Å². The fourth-order valence-corrected chi connectivity index (χ4v) is 2.17. The van der Waals surface area contributed by atoms with E-state index in [9.17, 15) is 0 Å². The summed E-state index contributed by atoms with van der Waals surface area (Å²) in [4.78, 5) is 10.8. The predicted molar refractivity (Wildman–Crippen MR) is 70.1 cm³/mol. The standard InChI is InChI=1S/C13H15N3S/c1-10(14-2)13-4-3-12(9-16-13)17-11-5-7-15-8-6-11/h3-10,14H,1-2H3. The molecule has 4 heteroatoms. The summed E-state index contributed by atoms with van der Waals surface area (Å²) in [7, 11) is 1.94. The highest BCUT2D eigenvalue weighted by Gasteiger charge is 2.04. The third kappa shape index (κ3) is 3.28. The minimum Gasteiger partial charge on any atom is -0.312 e. The summed E-state index contributed by atoms with van der Waals surface area (Å²) in [5.41, 5.74) is 1.06. The van der Waals surface area contributed by atoms with Crippen LogP contribution in [0.15, 0.2) is 52.6 Å². The average Bonchev–Trinajstić information content (AvgIpc) is 2.40. The van der Waals surface area contributed by atoms with Crippen LogP contribution in [-0.2, 0) is 0 Å². The summed E-state index contributed by atoms with van der Waals surface area (Å²) in [5.74, 6) is 0. The fourth-order valence-electron chi connectivity index (χ4n) is 1.40. The van der Waals surface area contributed by atoms with Crippen LogP contribution in [0.3, 0.4) is 0 Å². The maximum absolute atomic E-state index is 4.45. The van der Waals surface area contributed by atoms with Crippen LogP contribution in [0, 0.1) is 0 Å². The highest BCUT2D eigenvalue weighted by atomic mass is 32.2. The first kappa shape index (κ1) is 12.1. The quantitative estimate of drug-likeness (QED) is 0.898. The predicted octanol–water partition coefficient (Wildman–Crippen LogP) is 2.91. The molecule has 0 bridgehead atoms. The third-order valence-electron chi connectivity index (χ3n) is 2.52. The topological polar surface area (TPSA) is 37.8 Å². The highest BCUT2D eigenvalue weighted by Crippen LogP contribution is 2.26. The molecule has 2 aromatic heterocycles. The number of aromatic nitrogens is 2. The Morgan fingerprint density at radius 3 is 2.47 bits per heavy atom. The summed E-state index contributed by atoms with van der Waals surface area (Å²) < 4.78 is 0. The van der Waals surface area contributed by atoms with Gasteiger partial charge in [0.1, 0.15) is 0 Å². The maximum Gasteiger partial charge on any atom is 0.0571 e. The van der Waals surface area contributed by atoms with E-state index in [-0.39, 0.29) is 6.04 Å². The van der Waals surface area contributed by atoms with Crippen molar-refractivity contribution in [1.29, 1.82) is 0 Å². The van der Waals surface area contributed by atoms with E-state index in [0.29, 0.717) is 0 Å². The largest absolute Gasteiger partial charge is 0.312 e. The van der Waals surface area contributed by atoms with Gasteiger partial charge in [0.15, 0.2) is 0 Å². The lowest BCUT2D eigenvalue weighted by atomic mass is 10.2. The van der Waals surface area contributed by atoms with Gasteiger partial charge >= 0.3 is 0 Å². The van der Waals surface area contributed by atoms with Gasteiger partial charge in [-0.05, 0) is 38.2 Å². The first-order chi connectivity index (χ1) is 8.29. The summed E-state index contributed by atoms with van der Waals surface area (Å²) in [6.45, 7) is 2.10. The van der Waals surface area contributed by atoms with E-state index in [2.05, 4.69) is 34.3 Å².